The van der Waals surface area contributed by atoms with Crippen LogP contribution >= 0.6 is 0 Å². The number of aryl methyl sites for hydroxylation is 1. The number of imidazole rings is 1. The Labute approximate surface area is 125 Å². The van der Waals surface area contributed by atoms with E-state index in [9.17, 15) is 9.50 Å². The number of aromatic nitrogens is 2. The smallest absolute Gasteiger partial charge is 0.123 e. The third-order valence-corrected chi connectivity index (χ3v) is 3.82. The largest absolute Gasteiger partial charge is 0.388 e. The average Bonchev–Trinajstić information content (AvgIpc) is 2.97. The van der Waals surface area contributed by atoms with Gasteiger partial charge in [-0.3, -0.25) is 0 Å². The van der Waals surface area contributed by atoms with Crippen LogP contribution in [-0.4, -0.2) is 20.3 Å². The number of rotatable bonds is 8. The van der Waals surface area contributed by atoms with Gasteiger partial charge in [0.05, 0.1) is 18.5 Å². The zero-order valence-corrected chi connectivity index (χ0v) is 12.5. The first-order valence-corrected chi connectivity index (χ1v) is 7.54. The van der Waals surface area contributed by atoms with Crippen molar-refractivity contribution in [3.05, 3.63) is 54.4 Å². The van der Waals surface area contributed by atoms with Crippen LogP contribution < -0.4 is 0 Å². The molecular weight excluding hydrogens is 267 g/mol. The molecule has 0 saturated carbocycles. The molecule has 0 aliphatic carbocycles. The minimum Gasteiger partial charge on any atom is -0.388 e. The van der Waals surface area contributed by atoms with Crippen LogP contribution in [0.25, 0.3) is 0 Å². The summed E-state index contributed by atoms with van der Waals surface area (Å²) >= 11 is 0. The Balaban J connectivity index is 1.99. The van der Waals surface area contributed by atoms with E-state index in [4.69, 9.17) is 0 Å². The summed E-state index contributed by atoms with van der Waals surface area (Å²) in [5.74, 6) is -0.224. The van der Waals surface area contributed by atoms with Crippen LogP contribution in [0.4, 0.5) is 4.39 Å². The van der Waals surface area contributed by atoms with Crippen molar-refractivity contribution in [3.8, 4) is 0 Å². The molecule has 21 heavy (non-hydrogen) atoms. The summed E-state index contributed by atoms with van der Waals surface area (Å²) < 4.78 is 14.8. The standard InChI is InChI=1S/C17H23FN2O/c1-2-3-9-17(21,13-20-12-11-19-14-20)10-8-15-4-6-16(18)7-5-15/h4-7,11-12,14,21H,2-3,8-10,13H2,1H3. The first-order valence-electron chi connectivity index (χ1n) is 7.54. The molecule has 1 N–H and O–H groups in total. The third kappa shape index (κ3) is 4.97. The molecule has 0 aliphatic heterocycles. The van der Waals surface area contributed by atoms with Crippen molar-refractivity contribution < 1.29 is 9.50 Å². The molecule has 0 amide bonds. The molecule has 1 heterocycles. The SMILES string of the molecule is CCCCC(O)(CCc1ccc(F)cc1)Cn1ccnc1. The fraction of sp³-hybridized carbons (Fsp3) is 0.471. The minimum atomic E-state index is -0.745. The Morgan fingerprint density at radius 1 is 1.24 bits per heavy atom. The Morgan fingerprint density at radius 2 is 2.00 bits per heavy atom. The summed E-state index contributed by atoms with van der Waals surface area (Å²) in [6.45, 7) is 2.67. The van der Waals surface area contributed by atoms with E-state index in [0.29, 0.717) is 13.0 Å². The monoisotopic (exact) mass is 290 g/mol. The van der Waals surface area contributed by atoms with Gasteiger partial charge in [-0.25, -0.2) is 9.37 Å². The van der Waals surface area contributed by atoms with Crippen LogP contribution in [0.5, 0.6) is 0 Å². The van der Waals surface area contributed by atoms with E-state index in [1.54, 1.807) is 24.7 Å². The molecule has 2 aromatic rings. The fourth-order valence-corrected chi connectivity index (χ4v) is 2.54. The Kier molecular flexibility index (Phi) is 5.51. The Hall–Kier alpha value is -1.68. The van der Waals surface area contributed by atoms with E-state index >= 15 is 0 Å². The van der Waals surface area contributed by atoms with Gasteiger partial charge in [0.25, 0.3) is 0 Å². The second kappa shape index (κ2) is 7.36. The third-order valence-electron chi connectivity index (χ3n) is 3.82. The lowest BCUT2D eigenvalue weighted by atomic mass is 9.89. The molecule has 0 saturated heterocycles. The van der Waals surface area contributed by atoms with E-state index in [1.165, 1.54) is 12.1 Å². The van der Waals surface area contributed by atoms with Crippen molar-refractivity contribution in [2.24, 2.45) is 0 Å². The number of benzene rings is 1. The van der Waals surface area contributed by atoms with Crippen molar-refractivity contribution in [3.63, 3.8) is 0 Å². The molecule has 0 radical (unpaired) electrons. The maximum atomic E-state index is 12.9. The van der Waals surface area contributed by atoms with E-state index in [0.717, 1.165) is 31.2 Å². The highest BCUT2D eigenvalue weighted by Crippen LogP contribution is 2.23. The van der Waals surface area contributed by atoms with Gasteiger partial charge < -0.3 is 9.67 Å². The van der Waals surface area contributed by atoms with Gasteiger partial charge in [0.15, 0.2) is 0 Å². The number of hydrogen-bond donors (Lipinski definition) is 1. The molecule has 4 heteroatoms. The summed E-state index contributed by atoms with van der Waals surface area (Å²) in [6, 6.07) is 6.51. The molecule has 3 nitrogen and oxygen atoms in total. The lowest BCUT2D eigenvalue weighted by Crippen LogP contribution is -2.34. The molecule has 2 rings (SSSR count). The van der Waals surface area contributed by atoms with Gasteiger partial charge in [0.1, 0.15) is 5.82 Å². The highest BCUT2D eigenvalue weighted by Gasteiger charge is 2.26. The summed E-state index contributed by atoms with van der Waals surface area (Å²) in [5, 5.41) is 10.9. The second-order valence-corrected chi connectivity index (χ2v) is 5.69. The van der Waals surface area contributed by atoms with Crippen molar-refractivity contribution in [2.45, 2.75) is 51.2 Å². The van der Waals surface area contributed by atoms with Gasteiger partial charge in [-0.1, -0.05) is 31.9 Å². The molecule has 1 unspecified atom stereocenters. The number of aliphatic hydroxyl groups is 1. The maximum absolute atomic E-state index is 12.9. The first kappa shape index (κ1) is 15.7. The lowest BCUT2D eigenvalue weighted by molar-refractivity contribution is 0.00423. The van der Waals surface area contributed by atoms with E-state index in [1.807, 2.05) is 10.8 Å². The van der Waals surface area contributed by atoms with Crippen molar-refractivity contribution >= 4 is 0 Å². The van der Waals surface area contributed by atoms with Crippen LogP contribution in [0, 0.1) is 5.82 Å². The molecule has 1 atom stereocenters. The zero-order valence-electron chi connectivity index (χ0n) is 12.5. The van der Waals surface area contributed by atoms with Crippen LogP contribution in [0.1, 0.15) is 38.2 Å². The molecule has 0 fully saturated rings. The van der Waals surface area contributed by atoms with Gasteiger partial charge >= 0.3 is 0 Å². The zero-order chi connectivity index (χ0) is 15.1. The van der Waals surface area contributed by atoms with Crippen LogP contribution in [0.15, 0.2) is 43.0 Å². The van der Waals surface area contributed by atoms with Gasteiger partial charge in [0, 0.05) is 12.4 Å². The Morgan fingerprint density at radius 3 is 2.62 bits per heavy atom. The average molecular weight is 290 g/mol. The van der Waals surface area contributed by atoms with Gasteiger partial charge in [0.2, 0.25) is 0 Å². The topological polar surface area (TPSA) is 38.0 Å². The predicted molar refractivity (Wildman–Crippen MR) is 81.4 cm³/mol. The van der Waals surface area contributed by atoms with E-state index < -0.39 is 5.60 Å². The fourth-order valence-electron chi connectivity index (χ4n) is 2.54. The molecule has 0 aliphatic rings. The minimum absolute atomic E-state index is 0.224. The quantitative estimate of drug-likeness (QED) is 0.807. The normalized spacial score (nSPS) is 14.0. The molecule has 1 aromatic heterocycles. The van der Waals surface area contributed by atoms with E-state index in [-0.39, 0.29) is 5.82 Å². The van der Waals surface area contributed by atoms with Crippen molar-refractivity contribution in [1.82, 2.24) is 9.55 Å². The van der Waals surface area contributed by atoms with Crippen LogP contribution in [0.3, 0.4) is 0 Å². The van der Waals surface area contributed by atoms with Gasteiger partial charge in [-0.15, -0.1) is 0 Å². The summed E-state index contributed by atoms with van der Waals surface area (Å²) in [7, 11) is 0. The number of nitrogens with zero attached hydrogens (tertiary/aromatic N) is 2. The molecule has 114 valence electrons. The summed E-state index contributed by atoms with van der Waals surface area (Å²) in [5.41, 5.74) is 0.308. The van der Waals surface area contributed by atoms with Gasteiger partial charge in [-0.2, -0.15) is 0 Å². The second-order valence-electron chi connectivity index (χ2n) is 5.69. The predicted octanol–water partition coefficient (Wildman–Crippen LogP) is 3.58. The lowest BCUT2D eigenvalue weighted by Gasteiger charge is -2.28. The summed E-state index contributed by atoms with van der Waals surface area (Å²) in [6.07, 6.45) is 9.55. The highest BCUT2D eigenvalue weighted by molar-refractivity contribution is 5.16. The number of hydrogen-bond acceptors (Lipinski definition) is 2. The van der Waals surface area contributed by atoms with Crippen LogP contribution in [-0.2, 0) is 13.0 Å². The van der Waals surface area contributed by atoms with E-state index in [2.05, 4.69) is 11.9 Å². The first-order chi connectivity index (χ1) is 10.1. The highest BCUT2D eigenvalue weighted by atomic mass is 19.1. The van der Waals surface area contributed by atoms with Crippen molar-refractivity contribution in [1.29, 1.82) is 0 Å². The molecule has 0 bridgehead atoms. The number of halogens is 1. The maximum Gasteiger partial charge on any atom is 0.123 e. The molecule has 0 spiro atoms. The molecule has 1 aromatic carbocycles. The van der Waals surface area contributed by atoms with Gasteiger partial charge in [-0.05, 0) is 37.0 Å². The van der Waals surface area contributed by atoms with Crippen LogP contribution in [0.2, 0.25) is 0 Å². The van der Waals surface area contributed by atoms with Crippen molar-refractivity contribution in [2.75, 3.05) is 0 Å². The Bertz CT molecular complexity index is 524. The molecular formula is C17H23FN2O. The number of unbranched alkanes of at least 4 members (excludes halogenated alkanes) is 1. The summed E-state index contributed by atoms with van der Waals surface area (Å²) in [4.78, 5) is 4.02.